The van der Waals surface area contributed by atoms with E-state index >= 15 is 0 Å². The lowest BCUT2D eigenvalue weighted by molar-refractivity contribution is -0.274. The van der Waals surface area contributed by atoms with E-state index in [9.17, 15) is 22.4 Å². The van der Waals surface area contributed by atoms with Crippen molar-refractivity contribution in [2.24, 2.45) is 0 Å². The van der Waals surface area contributed by atoms with Crippen LogP contribution < -0.4 is 14.8 Å². The lowest BCUT2D eigenvalue weighted by Gasteiger charge is -2.12. The van der Waals surface area contributed by atoms with Crippen LogP contribution in [-0.4, -0.2) is 32.2 Å². The van der Waals surface area contributed by atoms with Gasteiger partial charge in [-0.1, -0.05) is 13.0 Å². The minimum Gasteiger partial charge on any atom is -0.438 e. The van der Waals surface area contributed by atoms with Gasteiger partial charge < -0.3 is 14.8 Å². The Kier molecular flexibility index (Phi) is 7.04. The first kappa shape index (κ1) is 24.5. The zero-order valence-corrected chi connectivity index (χ0v) is 18.6. The normalized spacial score (nSPS) is 11.1. The van der Waals surface area contributed by atoms with Gasteiger partial charge in [-0.15, -0.1) is 13.2 Å². The van der Waals surface area contributed by atoms with Crippen molar-refractivity contribution in [3.8, 4) is 28.8 Å². The number of ether oxygens (including phenoxy) is 2. The highest BCUT2D eigenvalue weighted by molar-refractivity contribution is 6.04. The number of carbonyl (C=O) groups is 1. The molecule has 4 aromatic rings. The molecule has 36 heavy (non-hydrogen) atoms. The highest BCUT2D eigenvalue weighted by Crippen LogP contribution is 2.30. The van der Waals surface area contributed by atoms with Crippen molar-refractivity contribution in [3.63, 3.8) is 0 Å². The molecule has 0 unspecified atom stereocenters. The van der Waals surface area contributed by atoms with Crippen molar-refractivity contribution in [1.82, 2.24) is 19.9 Å². The Morgan fingerprint density at radius 2 is 1.83 bits per heavy atom. The maximum atomic E-state index is 14.5. The first-order valence-electron chi connectivity index (χ1n) is 10.5. The molecule has 8 nitrogen and oxygen atoms in total. The van der Waals surface area contributed by atoms with Gasteiger partial charge in [-0.05, 0) is 42.5 Å². The maximum absolute atomic E-state index is 14.5. The largest absolute Gasteiger partial charge is 0.573 e. The van der Waals surface area contributed by atoms with E-state index in [-0.39, 0.29) is 17.3 Å². The fraction of sp³-hybridized carbons (Fsp3) is 0.125. The van der Waals surface area contributed by atoms with Crippen molar-refractivity contribution in [2.45, 2.75) is 19.7 Å². The Hall–Kier alpha value is -4.61. The topological polar surface area (TPSA) is 99.1 Å². The number of nitrogens with one attached hydrogen (secondary N) is 1. The smallest absolute Gasteiger partial charge is 0.438 e. The van der Waals surface area contributed by atoms with Crippen LogP contribution in [-0.2, 0) is 6.42 Å². The molecule has 0 aliphatic carbocycles. The summed E-state index contributed by atoms with van der Waals surface area (Å²) in [4.78, 5) is 29.4. The molecule has 184 valence electrons. The predicted molar refractivity (Wildman–Crippen MR) is 120 cm³/mol. The number of hydrogen-bond acceptors (Lipinski definition) is 7. The van der Waals surface area contributed by atoms with Crippen LogP contribution in [0.25, 0.3) is 11.4 Å². The van der Waals surface area contributed by atoms with Gasteiger partial charge in [-0.25, -0.2) is 24.3 Å². The number of nitrogens with zero attached hydrogens (tertiary/aromatic N) is 4. The van der Waals surface area contributed by atoms with Gasteiger partial charge in [-0.3, -0.25) is 4.79 Å². The van der Waals surface area contributed by atoms with E-state index in [1.807, 2.05) is 6.92 Å². The first-order chi connectivity index (χ1) is 17.2. The summed E-state index contributed by atoms with van der Waals surface area (Å²) >= 11 is 0. The van der Waals surface area contributed by atoms with Gasteiger partial charge in [0, 0.05) is 24.4 Å². The second-order valence-corrected chi connectivity index (χ2v) is 7.21. The highest BCUT2D eigenvalue weighted by atomic mass is 19.4. The Labute approximate surface area is 202 Å². The van der Waals surface area contributed by atoms with Crippen LogP contribution in [0, 0.1) is 5.82 Å². The minimum atomic E-state index is -4.90. The number of amides is 1. The summed E-state index contributed by atoms with van der Waals surface area (Å²) in [6.07, 6.45) is -1.46. The molecule has 1 N–H and O–H groups in total. The Morgan fingerprint density at radius 1 is 1.00 bits per heavy atom. The van der Waals surface area contributed by atoms with Gasteiger partial charge >= 0.3 is 6.36 Å². The van der Waals surface area contributed by atoms with E-state index in [0.29, 0.717) is 23.6 Å². The van der Waals surface area contributed by atoms with E-state index in [1.54, 1.807) is 12.1 Å². The fourth-order valence-electron chi connectivity index (χ4n) is 3.10. The molecular formula is C24H17F4N5O3. The van der Waals surface area contributed by atoms with Gasteiger partial charge in [0.1, 0.15) is 29.5 Å². The number of hydrogen-bond donors (Lipinski definition) is 1. The number of halogens is 4. The number of alkyl halides is 3. The summed E-state index contributed by atoms with van der Waals surface area (Å²) in [6, 6.07) is 11.4. The van der Waals surface area contributed by atoms with Gasteiger partial charge in [-0.2, -0.15) is 0 Å². The third-order valence-corrected chi connectivity index (χ3v) is 4.67. The van der Waals surface area contributed by atoms with Crippen LogP contribution in [0.4, 0.5) is 23.2 Å². The molecule has 4 rings (SSSR count). The van der Waals surface area contributed by atoms with E-state index in [0.717, 1.165) is 24.3 Å². The zero-order chi connectivity index (χ0) is 25.7. The molecule has 0 fully saturated rings. The van der Waals surface area contributed by atoms with E-state index in [4.69, 9.17) is 4.74 Å². The van der Waals surface area contributed by atoms with Crippen LogP contribution in [0.5, 0.6) is 17.4 Å². The number of aromatic nitrogens is 4. The standard InChI is InChI=1S/C24H17F4N5O3/c1-2-20-30-13-31-21(33-20)17-7-4-10-29-23(17)35-15-8-9-19(25)18(12-15)22(34)32-14-5-3-6-16(11-14)36-24(26,27)28/h3-13H,2H2,1H3,(H,32,34). The second kappa shape index (κ2) is 10.3. The van der Waals surface area contributed by atoms with Crippen molar-refractivity contribution in [3.05, 3.63) is 84.3 Å². The van der Waals surface area contributed by atoms with Gasteiger partial charge in [0.2, 0.25) is 5.88 Å². The zero-order valence-electron chi connectivity index (χ0n) is 18.6. The average Bonchev–Trinajstić information content (AvgIpc) is 2.84. The van der Waals surface area contributed by atoms with Crippen molar-refractivity contribution in [2.75, 3.05) is 5.32 Å². The number of rotatable bonds is 7. The Bertz CT molecular complexity index is 1400. The van der Waals surface area contributed by atoms with Crippen molar-refractivity contribution < 1.29 is 31.8 Å². The molecule has 12 heteroatoms. The molecule has 1 amide bonds. The number of anilines is 1. The van der Waals surface area contributed by atoms with Crippen LogP contribution in [0.3, 0.4) is 0 Å². The SMILES string of the molecule is CCc1ncnc(-c2cccnc2Oc2ccc(F)c(C(=O)Nc3cccc(OC(F)(F)F)c3)c2)n1. The van der Waals surface area contributed by atoms with Crippen LogP contribution in [0.1, 0.15) is 23.1 Å². The van der Waals surface area contributed by atoms with Crippen LogP contribution >= 0.6 is 0 Å². The first-order valence-corrected chi connectivity index (χ1v) is 10.5. The summed E-state index contributed by atoms with van der Waals surface area (Å²) in [5.74, 6) is -1.22. The fourth-order valence-corrected chi connectivity index (χ4v) is 3.10. The average molecular weight is 499 g/mol. The predicted octanol–water partition coefficient (Wildman–Crippen LogP) is 5.58. The van der Waals surface area contributed by atoms with Crippen molar-refractivity contribution >= 4 is 11.6 Å². The molecule has 2 aromatic carbocycles. The number of pyridine rings is 1. The molecule has 2 heterocycles. The van der Waals surface area contributed by atoms with Crippen LogP contribution in [0.2, 0.25) is 0 Å². The monoisotopic (exact) mass is 499 g/mol. The highest BCUT2D eigenvalue weighted by Gasteiger charge is 2.31. The maximum Gasteiger partial charge on any atom is 0.573 e. The third kappa shape index (κ3) is 6.09. The minimum absolute atomic E-state index is 0.0268. The summed E-state index contributed by atoms with van der Waals surface area (Å²) in [5, 5.41) is 2.34. The van der Waals surface area contributed by atoms with E-state index in [2.05, 4.69) is 30.0 Å². The molecule has 0 aliphatic heterocycles. The van der Waals surface area contributed by atoms with Gasteiger partial charge in [0.05, 0.1) is 11.1 Å². The van der Waals surface area contributed by atoms with Crippen molar-refractivity contribution in [1.29, 1.82) is 0 Å². The van der Waals surface area contributed by atoms with E-state index in [1.165, 1.54) is 30.7 Å². The number of benzene rings is 2. The molecular weight excluding hydrogens is 482 g/mol. The summed E-state index contributed by atoms with van der Waals surface area (Å²) in [7, 11) is 0. The summed E-state index contributed by atoms with van der Waals surface area (Å²) in [5.41, 5.74) is 0.0213. The summed E-state index contributed by atoms with van der Waals surface area (Å²) < 4.78 is 61.5. The summed E-state index contributed by atoms with van der Waals surface area (Å²) in [6.45, 7) is 1.89. The Balaban J connectivity index is 1.57. The molecule has 0 spiro atoms. The lowest BCUT2D eigenvalue weighted by atomic mass is 10.1. The lowest BCUT2D eigenvalue weighted by Crippen LogP contribution is -2.17. The molecule has 2 aromatic heterocycles. The van der Waals surface area contributed by atoms with Gasteiger partial charge in [0.25, 0.3) is 5.91 Å². The number of aryl methyl sites for hydroxylation is 1. The second-order valence-electron chi connectivity index (χ2n) is 7.21. The molecule has 0 aliphatic rings. The Morgan fingerprint density at radius 3 is 2.61 bits per heavy atom. The number of carbonyl (C=O) groups excluding carboxylic acids is 1. The van der Waals surface area contributed by atoms with E-state index < -0.39 is 29.4 Å². The molecule has 0 radical (unpaired) electrons. The quantitative estimate of drug-likeness (QED) is 0.332. The molecule has 0 saturated carbocycles. The van der Waals surface area contributed by atoms with Crippen LogP contribution in [0.15, 0.2) is 67.1 Å². The molecule has 0 saturated heterocycles. The molecule has 0 atom stereocenters. The third-order valence-electron chi connectivity index (χ3n) is 4.67. The molecule has 0 bridgehead atoms. The van der Waals surface area contributed by atoms with Gasteiger partial charge in [0.15, 0.2) is 5.82 Å².